The first-order chi connectivity index (χ1) is 16.0. The number of carbonyl (C=O) groups is 1. The van der Waals surface area contributed by atoms with Crippen LogP contribution in [-0.4, -0.2) is 54.9 Å². The minimum atomic E-state index is -5.08. The zero-order valence-corrected chi connectivity index (χ0v) is 18.7. The maximum Gasteiger partial charge on any atom is 0.490 e. The van der Waals surface area contributed by atoms with Gasteiger partial charge >= 0.3 is 12.1 Å². The lowest BCUT2D eigenvalue weighted by Gasteiger charge is -2.20. The van der Waals surface area contributed by atoms with E-state index < -0.39 is 28.3 Å². The van der Waals surface area contributed by atoms with Gasteiger partial charge in [0.25, 0.3) is 0 Å². The predicted octanol–water partition coefficient (Wildman–Crippen LogP) is 3.13. The van der Waals surface area contributed by atoms with Crippen molar-refractivity contribution in [3.63, 3.8) is 0 Å². The molecule has 1 heterocycles. The summed E-state index contributed by atoms with van der Waals surface area (Å²) in [6.07, 6.45) is -5.86. The zero-order chi connectivity index (χ0) is 24.9. The smallest absolute Gasteiger partial charge is 0.475 e. The molecular formula is C23H23F3N2O5S. The number of rotatable bonds is 6. The molecule has 0 saturated heterocycles. The first-order valence-corrected chi connectivity index (χ1v) is 11.7. The van der Waals surface area contributed by atoms with Crippen LogP contribution in [0.1, 0.15) is 11.1 Å². The van der Waals surface area contributed by atoms with Gasteiger partial charge in [0.15, 0.2) is 0 Å². The van der Waals surface area contributed by atoms with Crippen LogP contribution in [0.2, 0.25) is 0 Å². The van der Waals surface area contributed by atoms with Gasteiger partial charge in [-0.1, -0.05) is 60.7 Å². The summed E-state index contributed by atoms with van der Waals surface area (Å²) in [5.41, 5.74) is 2.53. The number of aliphatic hydroxyl groups is 1. The fourth-order valence-electron chi connectivity index (χ4n) is 3.61. The Kier molecular flexibility index (Phi) is 7.93. The molecule has 0 amide bonds. The second-order valence-electron chi connectivity index (χ2n) is 7.72. The van der Waals surface area contributed by atoms with E-state index in [1.54, 1.807) is 18.2 Å². The van der Waals surface area contributed by atoms with Gasteiger partial charge in [-0.2, -0.15) is 13.2 Å². The Hall–Kier alpha value is -2.99. The molecule has 182 valence electrons. The number of halogens is 3. The Morgan fingerprint density at radius 2 is 1.50 bits per heavy atom. The lowest BCUT2D eigenvalue weighted by atomic mass is 10.1. The normalized spacial score (nSPS) is 14.8. The first-order valence-electron chi connectivity index (χ1n) is 10.2. The van der Waals surface area contributed by atoms with E-state index >= 15 is 0 Å². The monoisotopic (exact) mass is 496 g/mol. The number of β-amino-alcohol motifs (C(OH)–C–C–N with tert-alkyl or cyclic N) is 1. The molecule has 0 spiro atoms. The topological polar surface area (TPSA) is 107 Å². The molecule has 4 rings (SSSR count). The molecule has 11 heteroatoms. The van der Waals surface area contributed by atoms with Crippen molar-refractivity contribution in [2.75, 3.05) is 13.1 Å². The van der Waals surface area contributed by atoms with Crippen LogP contribution in [0.15, 0.2) is 71.6 Å². The Bertz CT molecular complexity index is 1230. The van der Waals surface area contributed by atoms with Crippen molar-refractivity contribution in [1.29, 1.82) is 0 Å². The second-order valence-corrected chi connectivity index (χ2v) is 9.46. The molecule has 7 nitrogen and oxygen atoms in total. The highest BCUT2D eigenvalue weighted by molar-refractivity contribution is 7.89. The molecular weight excluding hydrogens is 473 g/mol. The van der Waals surface area contributed by atoms with Crippen LogP contribution in [0, 0.1) is 0 Å². The quantitative estimate of drug-likeness (QED) is 0.484. The number of nitrogens with one attached hydrogen (secondary N) is 1. The number of benzene rings is 3. The largest absolute Gasteiger partial charge is 0.490 e. The number of fused-ring (bicyclic) bond motifs is 2. The van der Waals surface area contributed by atoms with Gasteiger partial charge in [-0.25, -0.2) is 17.9 Å². The SMILES string of the molecule is O=C(O)C(F)(F)F.O=S(=O)(NC[C@H](O)CN1Cc2ccccc2C1)c1cccc2ccccc12. The van der Waals surface area contributed by atoms with Crippen molar-refractivity contribution in [2.45, 2.75) is 30.3 Å². The van der Waals surface area contributed by atoms with Gasteiger partial charge in [-0.05, 0) is 22.6 Å². The summed E-state index contributed by atoms with van der Waals surface area (Å²) in [6, 6.07) is 20.8. The average Bonchev–Trinajstić information content (AvgIpc) is 3.19. The van der Waals surface area contributed by atoms with Crippen LogP contribution in [0.5, 0.6) is 0 Å². The van der Waals surface area contributed by atoms with E-state index in [0.717, 1.165) is 18.5 Å². The number of carboxylic acids is 1. The summed E-state index contributed by atoms with van der Waals surface area (Å²) >= 11 is 0. The maximum absolute atomic E-state index is 12.7. The van der Waals surface area contributed by atoms with Gasteiger partial charge in [0.2, 0.25) is 10.0 Å². The molecule has 0 fully saturated rings. The predicted molar refractivity (Wildman–Crippen MR) is 119 cm³/mol. The number of sulfonamides is 1. The van der Waals surface area contributed by atoms with Gasteiger partial charge in [0.05, 0.1) is 11.0 Å². The number of hydrogen-bond acceptors (Lipinski definition) is 5. The van der Waals surface area contributed by atoms with Crippen LogP contribution in [-0.2, 0) is 27.9 Å². The van der Waals surface area contributed by atoms with E-state index in [4.69, 9.17) is 9.90 Å². The van der Waals surface area contributed by atoms with E-state index in [-0.39, 0.29) is 11.4 Å². The number of alkyl halides is 3. The number of nitrogens with zero attached hydrogens (tertiary/aromatic N) is 1. The van der Waals surface area contributed by atoms with Crippen molar-refractivity contribution in [1.82, 2.24) is 9.62 Å². The van der Waals surface area contributed by atoms with E-state index in [0.29, 0.717) is 11.9 Å². The minimum absolute atomic E-state index is 0.0155. The third kappa shape index (κ3) is 6.54. The van der Waals surface area contributed by atoms with Crippen LogP contribution in [0.3, 0.4) is 0 Å². The van der Waals surface area contributed by atoms with Crippen molar-refractivity contribution in [2.24, 2.45) is 0 Å². The highest BCUT2D eigenvalue weighted by Crippen LogP contribution is 2.23. The van der Waals surface area contributed by atoms with Crippen LogP contribution in [0.4, 0.5) is 13.2 Å². The van der Waals surface area contributed by atoms with Gasteiger partial charge in [0, 0.05) is 31.6 Å². The van der Waals surface area contributed by atoms with Gasteiger partial charge in [-0.3, -0.25) is 4.90 Å². The Morgan fingerprint density at radius 1 is 0.971 bits per heavy atom. The fraction of sp³-hybridized carbons (Fsp3) is 0.261. The highest BCUT2D eigenvalue weighted by Gasteiger charge is 2.38. The second kappa shape index (κ2) is 10.5. The van der Waals surface area contributed by atoms with E-state index in [2.05, 4.69) is 21.8 Å². The fourth-order valence-corrected chi connectivity index (χ4v) is 4.91. The summed E-state index contributed by atoms with van der Waals surface area (Å²) in [6.45, 7) is 1.97. The lowest BCUT2D eigenvalue weighted by molar-refractivity contribution is -0.192. The maximum atomic E-state index is 12.7. The average molecular weight is 497 g/mol. The van der Waals surface area contributed by atoms with Crippen LogP contribution < -0.4 is 4.72 Å². The number of hydrogen-bond donors (Lipinski definition) is 3. The molecule has 0 aliphatic carbocycles. The van der Waals surface area contributed by atoms with Crippen molar-refractivity contribution >= 4 is 26.8 Å². The molecule has 3 aromatic carbocycles. The Balaban J connectivity index is 0.000000406. The molecule has 3 N–H and O–H groups in total. The summed E-state index contributed by atoms with van der Waals surface area (Å²) in [5, 5.41) is 19.0. The number of aliphatic hydroxyl groups excluding tert-OH is 1. The molecule has 0 saturated carbocycles. The van der Waals surface area contributed by atoms with Crippen LogP contribution in [0.25, 0.3) is 10.8 Å². The number of aliphatic carboxylic acids is 1. The van der Waals surface area contributed by atoms with Gasteiger partial charge < -0.3 is 10.2 Å². The van der Waals surface area contributed by atoms with Crippen molar-refractivity contribution in [3.05, 3.63) is 77.9 Å². The molecule has 0 aromatic heterocycles. The number of carboxylic acid groups (broad SMARTS) is 1. The molecule has 0 radical (unpaired) electrons. The van der Waals surface area contributed by atoms with E-state index in [1.165, 1.54) is 11.1 Å². The van der Waals surface area contributed by atoms with Crippen molar-refractivity contribution in [3.8, 4) is 0 Å². The summed E-state index contributed by atoms with van der Waals surface area (Å²) in [7, 11) is -3.70. The lowest BCUT2D eigenvalue weighted by Crippen LogP contribution is -2.38. The zero-order valence-electron chi connectivity index (χ0n) is 17.9. The highest BCUT2D eigenvalue weighted by atomic mass is 32.2. The molecule has 0 unspecified atom stereocenters. The summed E-state index contributed by atoms with van der Waals surface area (Å²) < 4.78 is 59.8. The first kappa shape index (κ1) is 25.6. The van der Waals surface area contributed by atoms with E-state index in [1.807, 2.05) is 36.4 Å². The third-order valence-corrected chi connectivity index (χ3v) is 6.65. The third-order valence-electron chi connectivity index (χ3n) is 5.17. The molecule has 1 aliphatic heterocycles. The Labute approximate surface area is 194 Å². The summed E-state index contributed by atoms with van der Waals surface area (Å²) in [4.78, 5) is 11.3. The molecule has 1 atom stereocenters. The molecule has 3 aromatic rings. The molecule has 34 heavy (non-hydrogen) atoms. The van der Waals surface area contributed by atoms with Gasteiger partial charge in [-0.15, -0.1) is 0 Å². The molecule has 0 bridgehead atoms. The summed E-state index contributed by atoms with van der Waals surface area (Å²) in [5.74, 6) is -2.76. The van der Waals surface area contributed by atoms with Gasteiger partial charge in [0.1, 0.15) is 0 Å². The Morgan fingerprint density at radius 3 is 2.09 bits per heavy atom. The van der Waals surface area contributed by atoms with E-state index in [9.17, 15) is 26.7 Å². The van der Waals surface area contributed by atoms with Crippen molar-refractivity contribution < 1.29 is 36.6 Å². The minimum Gasteiger partial charge on any atom is -0.475 e. The standard InChI is InChI=1S/C21H22N2O3S.C2HF3O2/c24-19(15-23-13-17-7-1-2-8-18(17)14-23)12-22-27(25,26)21-11-5-9-16-6-3-4-10-20(16)21;3-2(4,5)1(6)7/h1-11,19,22,24H,12-15H2;(H,6,7)/t19-;/m0./s1. The van der Waals surface area contributed by atoms with Crippen LogP contribution >= 0.6 is 0 Å². The molecule has 1 aliphatic rings.